The molecule has 3 nitrogen and oxygen atoms in total. The average Bonchev–Trinajstić information content (AvgIpc) is 2.97. The molecule has 0 unspecified atom stereocenters. The molecule has 0 atom stereocenters. The van der Waals surface area contributed by atoms with Crippen LogP contribution in [0.5, 0.6) is 0 Å². The van der Waals surface area contributed by atoms with Gasteiger partial charge in [0, 0.05) is 12.1 Å². The lowest BCUT2D eigenvalue weighted by Gasteiger charge is -2.18. The Balaban J connectivity index is 1.75. The number of rotatable bonds is 4. The molecule has 0 aliphatic carbocycles. The molecule has 0 radical (unpaired) electrons. The van der Waals surface area contributed by atoms with E-state index in [9.17, 15) is 4.39 Å². The Bertz CT molecular complexity index is 1100. The van der Waals surface area contributed by atoms with Crippen molar-refractivity contribution in [3.63, 3.8) is 0 Å². The molecule has 0 saturated heterocycles. The summed E-state index contributed by atoms with van der Waals surface area (Å²) in [5, 5.41) is 8.56. The summed E-state index contributed by atoms with van der Waals surface area (Å²) in [5.74, 6) is 0.648. The van der Waals surface area contributed by atoms with Crippen LogP contribution in [-0.4, -0.2) is 16.3 Å². The number of anilines is 1. The summed E-state index contributed by atoms with van der Waals surface area (Å²) in [7, 11) is 0. The zero-order valence-corrected chi connectivity index (χ0v) is 16.8. The molecule has 0 amide bonds. The molecule has 2 heterocycles. The first-order valence-electron chi connectivity index (χ1n) is 10.5. The maximum absolute atomic E-state index is 14.7. The van der Waals surface area contributed by atoms with Gasteiger partial charge in [-0.25, -0.2) is 9.07 Å². The SMILES string of the molecule is Fc1ccccc1-n1nc(C(c2ccccc2)c2ccccc2)c2c1NCCCC2. The normalized spacial score (nSPS) is 13.5. The van der Waals surface area contributed by atoms with Crippen LogP contribution >= 0.6 is 0 Å². The van der Waals surface area contributed by atoms with E-state index in [2.05, 4.69) is 53.8 Å². The van der Waals surface area contributed by atoms with Crippen LogP contribution in [0.3, 0.4) is 0 Å². The van der Waals surface area contributed by atoms with Gasteiger partial charge in [-0.3, -0.25) is 0 Å². The smallest absolute Gasteiger partial charge is 0.148 e. The third-order valence-electron chi connectivity index (χ3n) is 5.78. The van der Waals surface area contributed by atoms with E-state index >= 15 is 0 Å². The number of hydrogen-bond donors (Lipinski definition) is 1. The number of aromatic nitrogens is 2. The van der Waals surface area contributed by atoms with Crippen LogP contribution in [0.2, 0.25) is 0 Å². The highest BCUT2D eigenvalue weighted by Crippen LogP contribution is 2.38. The Kier molecular flexibility index (Phi) is 5.06. The average molecular weight is 397 g/mol. The lowest BCUT2D eigenvalue weighted by Crippen LogP contribution is -2.09. The zero-order valence-electron chi connectivity index (χ0n) is 16.8. The van der Waals surface area contributed by atoms with E-state index in [1.807, 2.05) is 18.2 Å². The van der Waals surface area contributed by atoms with E-state index in [0.29, 0.717) is 5.69 Å². The molecule has 1 aliphatic rings. The van der Waals surface area contributed by atoms with Gasteiger partial charge in [0.2, 0.25) is 0 Å². The molecule has 4 aromatic rings. The summed E-state index contributed by atoms with van der Waals surface area (Å²) in [6, 6.07) is 27.8. The lowest BCUT2D eigenvalue weighted by atomic mass is 9.86. The van der Waals surface area contributed by atoms with Gasteiger partial charge in [-0.05, 0) is 42.5 Å². The van der Waals surface area contributed by atoms with Crippen molar-refractivity contribution in [2.45, 2.75) is 25.2 Å². The second-order valence-electron chi connectivity index (χ2n) is 7.71. The van der Waals surface area contributed by atoms with Crippen LogP contribution in [-0.2, 0) is 6.42 Å². The third-order valence-corrected chi connectivity index (χ3v) is 5.78. The predicted molar refractivity (Wildman–Crippen MR) is 119 cm³/mol. The van der Waals surface area contributed by atoms with E-state index in [-0.39, 0.29) is 11.7 Å². The first-order valence-corrected chi connectivity index (χ1v) is 10.5. The van der Waals surface area contributed by atoms with Crippen molar-refractivity contribution >= 4 is 5.82 Å². The Labute approximate surface area is 176 Å². The van der Waals surface area contributed by atoms with Gasteiger partial charge in [0.05, 0.1) is 11.6 Å². The quantitative estimate of drug-likeness (QED) is 0.462. The van der Waals surface area contributed by atoms with Crippen molar-refractivity contribution in [2.75, 3.05) is 11.9 Å². The van der Waals surface area contributed by atoms with Gasteiger partial charge in [-0.15, -0.1) is 0 Å². The number of hydrogen-bond acceptors (Lipinski definition) is 2. The van der Waals surface area contributed by atoms with Crippen LogP contribution in [0.25, 0.3) is 5.69 Å². The minimum Gasteiger partial charge on any atom is -0.370 e. The van der Waals surface area contributed by atoms with Crippen LogP contribution < -0.4 is 5.32 Å². The Morgan fingerprint density at radius 2 is 1.43 bits per heavy atom. The number of benzene rings is 3. The maximum Gasteiger partial charge on any atom is 0.148 e. The highest BCUT2D eigenvalue weighted by molar-refractivity contribution is 5.58. The standard InChI is InChI=1S/C26H24FN3/c27-22-16-7-8-17-23(22)30-26-21(15-9-10-18-28-26)25(29-30)24(19-11-3-1-4-12-19)20-13-5-2-6-14-20/h1-8,11-14,16-17,24,28H,9-10,15,18H2. The number of fused-ring (bicyclic) bond motifs is 1. The summed E-state index contributed by atoms with van der Waals surface area (Å²) >= 11 is 0. The Hall–Kier alpha value is -3.40. The molecule has 3 aromatic carbocycles. The zero-order chi connectivity index (χ0) is 20.3. The van der Waals surface area contributed by atoms with Gasteiger partial charge in [-0.1, -0.05) is 72.8 Å². The molecule has 150 valence electrons. The highest BCUT2D eigenvalue weighted by atomic mass is 19.1. The van der Waals surface area contributed by atoms with E-state index in [0.717, 1.165) is 37.3 Å². The molecular formula is C26H24FN3. The van der Waals surface area contributed by atoms with Crippen molar-refractivity contribution in [3.8, 4) is 5.69 Å². The fourth-order valence-corrected chi connectivity index (χ4v) is 4.36. The van der Waals surface area contributed by atoms with Gasteiger partial charge < -0.3 is 5.32 Å². The fourth-order valence-electron chi connectivity index (χ4n) is 4.36. The van der Waals surface area contributed by atoms with Gasteiger partial charge in [-0.2, -0.15) is 5.10 Å². The van der Waals surface area contributed by atoms with Crippen molar-refractivity contribution in [1.82, 2.24) is 9.78 Å². The van der Waals surface area contributed by atoms with Gasteiger partial charge in [0.25, 0.3) is 0 Å². The fraction of sp³-hybridized carbons (Fsp3) is 0.192. The summed E-state index contributed by atoms with van der Waals surface area (Å²) < 4.78 is 16.5. The van der Waals surface area contributed by atoms with Gasteiger partial charge >= 0.3 is 0 Å². The second kappa shape index (κ2) is 8.15. The van der Waals surface area contributed by atoms with Crippen LogP contribution in [0.15, 0.2) is 84.9 Å². The van der Waals surface area contributed by atoms with Crippen molar-refractivity contribution in [2.24, 2.45) is 0 Å². The molecule has 0 spiro atoms. The third kappa shape index (κ3) is 3.39. The minimum absolute atomic E-state index is 0.00549. The molecule has 0 fully saturated rings. The number of halogens is 1. The summed E-state index contributed by atoms with van der Waals surface area (Å²) in [6.07, 6.45) is 3.11. The molecule has 1 aliphatic heterocycles. The van der Waals surface area contributed by atoms with Crippen LogP contribution in [0, 0.1) is 5.82 Å². The predicted octanol–water partition coefficient (Wildman–Crippen LogP) is 5.94. The maximum atomic E-state index is 14.7. The highest BCUT2D eigenvalue weighted by Gasteiger charge is 2.28. The topological polar surface area (TPSA) is 29.9 Å². The van der Waals surface area contributed by atoms with Gasteiger partial charge in [0.15, 0.2) is 0 Å². The largest absolute Gasteiger partial charge is 0.370 e. The second-order valence-corrected chi connectivity index (χ2v) is 7.71. The number of nitrogens with zero attached hydrogens (tertiary/aromatic N) is 2. The van der Waals surface area contributed by atoms with Crippen molar-refractivity contribution in [3.05, 3.63) is 113 Å². The van der Waals surface area contributed by atoms with Gasteiger partial charge in [0.1, 0.15) is 17.3 Å². The summed E-state index contributed by atoms with van der Waals surface area (Å²) in [5.41, 5.74) is 5.05. The molecule has 1 N–H and O–H groups in total. The first kappa shape index (κ1) is 18.6. The Morgan fingerprint density at radius 3 is 2.10 bits per heavy atom. The van der Waals surface area contributed by atoms with Crippen LogP contribution in [0.1, 0.15) is 41.1 Å². The number of para-hydroxylation sites is 1. The molecule has 5 rings (SSSR count). The van der Waals surface area contributed by atoms with E-state index in [4.69, 9.17) is 5.10 Å². The van der Waals surface area contributed by atoms with Crippen LogP contribution in [0.4, 0.5) is 10.2 Å². The van der Waals surface area contributed by atoms with E-state index in [1.165, 1.54) is 22.8 Å². The van der Waals surface area contributed by atoms with Crippen molar-refractivity contribution in [1.29, 1.82) is 0 Å². The monoisotopic (exact) mass is 397 g/mol. The van der Waals surface area contributed by atoms with Crippen molar-refractivity contribution < 1.29 is 4.39 Å². The minimum atomic E-state index is -0.267. The number of nitrogens with one attached hydrogen (secondary N) is 1. The summed E-state index contributed by atoms with van der Waals surface area (Å²) in [4.78, 5) is 0. The summed E-state index contributed by atoms with van der Waals surface area (Å²) in [6.45, 7) is 0.869. The molecule has 0 bridgehead atoms. The molecule has 1 aromatic heterocycles. The molecule has 30 heavy (non-hydrogen) atoms. The molecular weight excluding hydrogens is 373 g/mol. The first-order chi connectivity index (χ1) is 14.8. The van der Waals surface area contributed by atoms with E-state index in [1.54, 1.807) is 16.8 Å². The molecule has 0 saturated carbocycles. The lowest BCUT2D eigenvalue weighted by molar-refractivity contribution is 0.610. The molecule has 4 heteroatoms. The Morgan fingerprint density at radius 1 is 0.800 bits per heavy atom. The van der Waals surface area contributed by atoms with E-state index < -0.39 is 0 Å².